The summed E-state index contributed by atoms with van der Waals surface area (Å²) in [5.41, 5.74) is 13.4. The standard InChI is InChI=1S/C54H42N2/c1-2-3-17-38-28-34-51-49(36-38)50-37-44(33-35-52(50)56(51)42-22-11-6-12-23-42)55(41-20-9-5-10-21-41)43-31-29-40(30-32-43)54-47-26-15-13-24-45(47)53(39-18-7-4-8-19-39)46-25-14-16-27-48(46)54/h4-16,18-37H,2-3,17H2,1H3. The van der Waals surface area contributed by atoms with Gasteiger partial charge in [-0.3, -0.25) is 0 Å². The van der Waals surface area contributed by atoms with E-state index in [1.807, 2.05) is 0 Å². The van der Waals surface area contributed by atoms with Crippen LogP contribution < -0.4 is 4.90 Å². The molecule has 0 N–H and O–H groups in total. The van der Waals surface area contributed by atoms with E-state index in [0.717, 1.165) is 23.5 Å². The van der Waals surface area contributed by atoms with Crippen molar-refractivity contribution in [1.82, 2.24) is 4.57 Å². The molecular weight excluding hydrogens is 677 g/mol. The van der Waals surface area contributed by atoms with Gasteiger partial charge in [0, 0.05) is 33.5 Å². The predicted octanol–water partition coefficient (Wildman–Crippen LogP) is 15.2. The Morgan fingerprint density at radius 2 is 0.857 bits per heavy atom. The van der Waals surface area contributed by atoms with Gasteiger partial charge in [0.25, 0.3) is 0 Å². The molecule has 2 heteroatoms. The van der Waals surface area contributed by atoms with Crippen LogP contribution in [0.1, 0.15) is 25.3 Å². The van der Waals surface area contributed by atoms with E-state index in [-0.39, 0.29) is 0 Å². The molecule has 0 unspecified atom stereocenters. The number of para-hydroxylation sites is 2. The molecule has 0 fully saturated rings. The van der Waals surface area contributed by atoms with Crippen LogP contribution in [0.3, 0.4) is 0 Å². The Hall–Kier alpha value is -6.90. The van der Waals surface area contributed by atoms with Gasteiger partial charge in [-0.25, -0.2) is 0 Å². The first-order valence-electron chi connectivity index (χ1n) is 19.8. The topological polar surface area (TPSA) is 8.17 Å². The van der Waals surface area contributed by atoms with Crippen LogP contribution in [-0.4, -0.2) is 4.57 Å². The summed E-state index contributed by atoms with van der Waals surface area (Å²) in [6.07, 6.45) is 3.46. The molecule has 0 amide bonds. The van der Waals surface area contributed by atoms with Crippen molar-refractivity contribution in [2.75, 3.05) is 4.90 Å². The van der Waals surface area contributed by atoms with E-state index in [4.69, 9.17) is 0 Å². The highest BCUT2D eigenvalue weighted by Crippen LogP contribution is 2.45. The fourth-order valence-electron chi connectivity index (χ4n) is 8.75. The number of nitrogens with zero attached hydrogens (tertiary/aromatic N) is 2. The first-order valence-corrected chi connectivity index (χ1v) is 19.8. The minimum atomic E-state index is 1.09. The quantitative estimate of drug-likeness (QED) is 0.135. The molecule has 2 nitrogen and oxygen atoms in total. The van der Waals surface area contributed by atoms with Crippen molar-refractivity contribution in [3.63, 3.8) is 0 Å². The maximum absolute atomic E-state index is 2.43. The molecule has 10 aromatic rings. The Bertz CT molecular complexity index is 2920. The number of rotatable bonds is 9. The lowest BCUT2D eigenvalue weighted by Gasteiger charge is -2.26. The van der Waals surface area contributed by atoms with Gasteiger partial charge in [0.15, 0.2) is 0 Å². The van der Waals surface area contributed by atoms with Crippen molar-refractivity contribution >= 4 is 60.4 Å². The zero-order valence-electron chi connectivity index (χ0n) is 31.6. The highest BCUT2D eigenvalue weighted by atomic mass is 15.1. The molecule has 1 heterocycles. The maximum atomic E-state index is 2.43. The van der Waals surface area contributed by atoms with Crippen LogP contribution in [0.15, 0.2) is 200 Å². The van der Waals surface area contributed by atoms with Crippen molar-refractivity contribution < 1.29 is 0 Å². The third kappa shape index (κ3) is 5.82. The van der Waals surface area contributed by atoms with E-state index in [1.165, 1.54) is 89.7 Å². The summed E-state index contributed by atoms with van der Waals surface area (Å²) in [5, 5.41) is 7.60. The third-order valence-electron chi connectivity index (χ3n) is 11.3. The second kappa shape index (κ2) is 14.4. The monoisotopic (exact) mass is 718 g/mol. The van der Waals surface area contributed by atoms with Crippen LogP contribution in [0.5, 0.6) is 0 Å². The Labute approximate surface area is 328 Å². The van der Waals surface area contributed by atoms with Crippen LogP contribution >= 0.6 is 0 Å². The molecule has 0 radical (unpaired) electrons. The third-order valence-corrected chi connectivity index (χ3v) is 11.3. The second-order valence-electron chi connectivity index (χ2n) is 14.8. The fourth-order valence-corrected chi connectivity index (χ4v) is 8.75. The zero-order valence-corrected chi connectivity index (χ0v) is 31.6. The molecule has 56 heavy (non-hydrogen) atoms. The summed E-state index contributed by atoms with van der Waals surface area (Å²) in [4.78, 5) is 2.39. The lowest BCUT2D eigenvalue weighted by atomic mass is 9.86. The molecule has 0 bridgehead atoms. The smallest absolute Gasteiger partial charge is 0.0542 e. The van der Waals surface area contributed by atoms with Gasteiger partial charge in [-0.1, -0.05) is 147 Å². The van der Waals surface area contributed by atoms with E-state index in [1.54, 1.807) is 0 Å². The van der Waals surface area contributed by atoms with Crippen LogP contribution in [-0.2, 0) is 6.42 Å². The predicted molar refractivity (Wildman–Crippen MR) is 240 cm³/mol. The van der Waals surface area contributed by atoms with Crippen LogP contribution in [0.4, 0.5) is 17.1 Å². The number of hydrogen-bond acceptors (Lipinski definition) is 1. The summed E-state index contributed by atoms with van der Waals surface area (Å²) < 4.78 is 2.41. The van der Waals surface area contributed by atoms with Crippen molar-refractivity contribution in [1.29, 1.82) is 0 Å². The first-order chi connectivity index (χ1) is 27.8. The minimum Gasteiger partial charge on any atom is -0.310 e. The zero-order chi connectivity index (χ0) is 37.4. The van der Waals surface area contributed by atoms with Gasteiger partial charge in [0.2, 0.25) is 0 Å². The molecule has 0 aliphatic rings. The fraction of sp³-hybridized carbons (Fsp3) is 0.0741. The van der Waals surface area contributed by atoms with Gasteiger partial charge >= 0.3 is 0 Å². The SMILES string of the molecule is CCCCc1ccc2c(c1)c1cc(N(c3ccccc3)c3ccc(-c4c5ccccc5c(-c5ccccc5)c5ccccc45)cc3)ccc1n2-c1ccccc1. The summed E-state index contributed by atoms with van der Waals surface area (Å²) in [6.45, 7) is 2.27. The van der Waals surface area contributed by atoms with E-state index in [2.05, 4.69) is 217 Å². The highest BCUT2D eigenvalue weighted by molar-refractivity contribution is 6.21. The van der Waals surface area contributed by atoms with Gasteiger partial charge in [0.05, 0.1) is 11.0 Å². The van der Waals surface area contributed by atoms with E-state index < -0.39 is 0 Å². The number of fused-ring (bicyclic) bond motifs is 5. The molecule has 0 atom stereocenters. The lowest BCUT2D eigenvalue weighted by Crippen LogP contribution is -2.09. The van der Waals surface area contributed by atoms with Gasteiger partial charge in [-0.15, -0.1) is 0 Å². The number of anilines is 3. The summed E-state index contributed by atoms with van der Waals surface area (Å²) in [7, 11) is 0. The van der Waals surface area contributed by atoms with Crippen LogP contribution in [0, 0.1) is 0 Å². The molecule has 9 aromatic carbocycles. The molecular formula is C54H42N2. The maximum Gasteiger partial charge on any atom is 0.0542 e. The molecule has 0 aliphatic carbocycles. The largest absolute Gasteiger partial charge is 0.310 e. The normalized spacial score (nSPS) is 11.5. The minimum absolute atomic E-state index is 1.09. The summed E-state index contributed by atoms with van der Waals surface area (Å²) in [5.74, 6) is 0. The Kier molecular flexibility index (Phi) is 8.65. The van der Waals surface area contributed by atoms with Crippen LogP contribution in [0.25, 0.3) is 71.3 Å². The summed E-state index contributed by atoms with van der Waals surface area (Å²) >= 11 is 0. The number of unbranched alkanes of at least 4 members (excludes halogenated alkanes) is 1. The number of hydrogen-bond donors (Lipinski definition) is 0. The van der Waals surface area contributed by atoms with E-state index in [0.29, 0.717) is 0 Å². The van der Waals surface area contributed by atoms with Crippen molar-refractivity contribution in [2.45, 2.75) is 26.2 Å². The van der Waals surface area contributed by atoms with Gasteiger partial charge in [-0.05, 0) is 129 Å². The number of benzene rings is 9. The van der Waals surface area contributed by atoms with E-state index in [9.17, 15) is 0 Å². The van der Waals surface area contributed by atoms with Crippen molar-refractivity contribution in [3.8, 4) is 27.9 Å². The van der Waals surface area contributed by atoms with Crippen LogP contribution in [0.2, 0.25) is 0 Å². The average Bonchev–Trinajstić information content (AvgIpc) is 3.59. The molecule has 0 spiro atoms. The average molecular weight is 719 g/mol. The molecule has 1 aromatic heterocycles. The lowest BCUT2D eigenvalue weighted by molar-refractivity contribution is 0.796. The molecule has 10 rings (SSSR count). The molecule has 0 aliphatic heterocycles. The van der Waals surface area contributed by atoms with Gasteiger partial charge in [-0.2, -0.15) is 0 Å². The number of aromatic nitrogens is 1. The Morgan fingerprint density at radius 1 is 0.393 bits per heavy atom. The van der Waals surface area contributed by atoms with Crippen molar-refractivity contribution in [3.05, 3.63) is 206 Å². The molecule has 0 saturated heterocycles. The highest BCUT2D eigenvalue weighted by Gasteiger charge is 2.20. The number of aryl methyl sites for hydroxylation is 1. The van der Waals surface area contributed by atoms with E-state index >= 15 is 0 Å². The van der Waals surface area contributed by atoms with Gasteiger partial charge in [0.1, 0.15) is 0 Å². The summed E-state index contributed by atoms with van der Waals surface area (Å²) in [6, 6.07) is 73.3. The van der Waals surface area contributed by atoms with Gasteiger partial charge < -0.3 is 9.47 Å². The van der Waals surface area contributed by atoms with Crippen molar-refractivity contribution in [2.24, 2.45) is 0 Å². The first kappa shape index (κ1) is 33.7. The second-order valence-corrected chi connectivity index (χ2v) is 14.8. The Balaban J connectivity index is 1.14. The molecule has 268 valence electrons. The Morgan fingerprint density at radius 3 is 1.45 bits per heavy atom. The molecule has 0 saturated carbocycles.